The molecule has 2 rings (SSSR count). The largest absolute Gasteiger partial charge is 0.508 e. The molecule has 18 heavy (non-hydrogen) atoms. The fraction of sp³-hybridized carbons (Fsp3) is 0.625. The number of unbranched alkanes of at least 4 members (excludes halogenated alkanes) is 3. The van der Waals surface area contributed by atoms with Gasteiger partial charge in [0, 0.05) is 6.07 Å². The molecule has 0 aliphatic heterocycles. The van der Waals surface area contributed by atoms with Gasteiger partial charge in [-0.05, 0) is 42.4 Å². The molecule has 0 radical (unpaired) electrons. The highest BCUT2D eigenvalue weighted by molar-refractivity contribution is 5.41. The van der Waals surface area contributed by atoms with Crippen LogP contribution in [0.3, 0.4) is 0 Å². The minimum atomic E-state index is 0.185. The predicted molar refractivity (Wildman–Crippen MR) is 74.1 cm³/mol. The van der Waals surface area contributed by atoms with Crippen molar-refractivity contribution in [2.24, 2.45) is 0 Å². The van der Waals surface area contributed by atoms with Crippen LogP contribution in [0.25, 0.3) is 0 Å². The molecule has 1 aromatic rings. The minimum absolute atomic E-state index is 0.185. The molecule has 1 fully saturated rings. The first-order valence-corrected chi connectivity index (χ1v) is 7.20. The topological polar surface area (TPSA) is 40.5 Å². The smallest absolute Gasteiger partial charge is 0.119 e. The van der Waals surface area contributed by atoms with E-state index >= 15 is 0 Å². The Balaban J connectivity index is 2.06. The molecule has 1 saturated carbocycles. The monoisotopic (exact) mass is 248 g/mol. The summed E-state index contributed by atoms with van der Waals surface area (Å²) in [6.07, 6.45) is 9.97. The van der Waals surface area contributed by atoms with Crippen molar-refractivity contribution >= 4 is 0 Å². The third-order valence-electron chi connectivity index (χ3n) is 4.33. The van der Waals surface area contributed by atoms with Crippen LogP contribution < -0.4 is 0 Å². The molecule has 0 amide bonds. The second-order valence-electron chi connectivity index (χ2n) is 5.68. The van der Waals surface area contributed by atoms with Gasteiger partial charge in [-0.25, -0.2) is 0 Å². The van der Waals surface area contributed by atoms with E-state index in [1.807, 2.05) is 12.1 Å². The van der Waals surface area contributed by atoms with Crippen molar-refractivity contribution in [3.63, 3.8) is 0 Å². The lowest BCUT2D eigenvalue weighted by molar-refractivity contribution is 0.217. The molecule has 1 aromatic carbocycles. The Morgan fingerprint density at radius 2 is 1.67 bits per heavy atom. The van der Waals surface area contributed by atoms with Gasteiger partial charge in [-0.15, -0.1) is 0 Å². The first-order valence-electron chi connectivity index (χ1n) is 7.20. The zero-order chi connectivity index (χ0) is 13.0. The summed E-state index contributed by atoms with van der Waals surface area (Å²) in [6, 6.07) is 5.07. The zero-order valence-electron chi connectivity index (χ0n) is 11.3. The van der Waals surface area contributed by atoms with Crippen molar-refractivity contribution < 1.29 is 10.2 Å². The molecule has 0 bridgehead atoms. The summed E-state index contributed by atoms with van der Waals surface area (Å²) in [6.45, 7) is 2.23. The summed E-state index contributed by atoms with van der Waals surface area (Å²) < 4.78 is 0. The molecule has 100 valence electrons. The first-order chi connectivity index (χ1) is 8.66. The Bertz CT molecular complexity index is 374. The summed E-state index contributed by atoms with van der Waals surface area (Å²) in [7, 11) is 0. The molecule has 1 aliphatic carbocycles. The van der Waals surface area contributed by atoms with Crippen LogP contribution in [0.15, 0.2) is 18.2 Å². The summed E-state index contributed by atoms with van der Waals surface area (Å²) in [4.78, 5) is 0. The average molecular weight is 248 g/mol. The first kappa shape index (κ1) is 13.3. The van der Waals surface area contributed by atoms with Gasteiger partial charge in [-0.2, -0.15) is 0 Å². The number of phenols is 2. The van der Waals surface area contributed by atoms with E-state index in [2.05, 4.69) is 6.92 Å². The highest BCUT2D eigenvalue weighted by Crippen LogP contribution is 2.48. The number of hydrogen-bond donors (Lipinski definition) is 2. The third-order valence-corrected chi connectivity index (χ3v) is 4.33. The number of hydrogen-bond acceptors (Lipinski definition) is 2. The molecule has 0 spiro atoms. The lowest BCUT2D eigenvalue weighted by Gasteiger charge is -2.43. The Kier molecular flexibility index (Phi) is 4.15. The molecule has 0 atom stereocenters. The van der Waals surface area contributed by atoms with Crippen LogP contribution in [0.2, 0.25) is 0 Å². The fourth-order valence-electron chi connectivity index (χ4n) is 3.08. The second-order valence-corrected chi connectivity index (χ2v) is 5.68. The molecule has 0 heterocycles. The van der Waals surface area contributed by atoms with E-state index in [0.717, 1.165) is 5.56 Å². The maximum Gasteiger partial charge on any atom is 0.119 e. The van der Waals surface area contributed by atoms with Crippen LogP contribution in [-0.4, -0.2) is 10.2 Å². The Morgan fingerprint density at radius 3 is 2.17 bits per heavy atom. The molecule has 2 N–H and O–H groups in total. The number of phenolic OH excluding ortho intramolecular Hbond substituents is 2. The number of benzene rings is 1. The fourth-order valence-corrected chi connectivity index (χ4v) is 3.08. The summed E-state index contributed by atoms with van der Waals surface area (Å²) in [5, 5.41) is 19.3. The molecule has 0 saturated heterocycles. The van der Waals surface area contributed by atoms with E-state index in [1.54, 1.807) is 0 Å². The Labute approximate surface area is 110 Å². The van der Waals surface area contributed by atoms with E-state index in [9.17, 15) is 10.2 Å². The molecule has 0 unspecified atom stereocenters. The molecule has 1 aliphatic rings. The SMILES string of the molecule is CCCCCCC1(c2cc(O)cc(O)c2)CCC1. The van der Waals surface area contributed by atoms with Crippen LogP contribution in [0.4, 0.5) is 0 Å². The lowest BCUT2D eigenvalue weighted by Crippen LogP contribution is -2.34. The van der Waals surface area contributed by atoms with E-state index in [0.29, 0.717) is 0 Å². The molecule has 0 aromatic heterocycles. The van der Waals surface area contributed by atoms with Crippen molar-refractivity contribution in [3.05, 3.63) is 23.8 Å². The second kappa shape index (κ2) is 5.64. The summed E-state index contributed by atoms with van der Waals surface area (Å²) >= 11 is 0. The van der Waals surface area contributed by atoms with Gasteiger partial charge in [0.05, 0.1) is 0 Å². The van der Waals surface area contributed by atoms with Gasteiger partial charge in [-0.1, -0.05) is 39.0 Å². The van der Waals surface area contributed by atoms with Gasteiger partial charge in [0.25, 0.3) is 0 Å². The van der Waals surface area contributed by atoms with E-state index in [1.165, 1.54) is 57.4 Å². The highest BCUT2D eigenvalue weighted by atomic mass is 16.3. The van der Waals surface area contributed by atoms with Gasteiger partial charge in [0.15, 0.2) is 0 Å². The molecular weight excluding hydrogens is 224 g/mol. The molecule has 2 nitrogen and oxygen atoms in total. The van der Waals surface area contributed by atoms with Gasteiger partial charge in [0.1, 0.15) is 11.5 Å². The van der Waals surface area contributed by atoms with Gasteiger partial charge >= 0.3 is 0 Å². The quantitative estimate of drug-likeness (QED) is 0.728. The van der Waals surface area contributed by atoms with E-state index < -0.39 is 0 Å². The molecular formula is C16H24O2. The minimum Gasteiger partial charge on any atom is -0.508 e. The zero-order valence-corrected chi connectivity index (χ0v) is 11.3. The normalized spacial score (nSPS) is 17.4. The standard InChI is InChI=1S/C16H24O2/c1-2-3-4-5-7-16(8-6-9-16)13-10-14(17)12-15(18)11-13/h10-12,17-18H,2-9H2,1H3. The van der Waals surface area contributed by atoms with Crippen molar-refractivity contribution in [2.45, 2.75) is 63.7 Å². The predicted octanol–water partition coefficient (Wildman–Crippen LogP) is 4.49. The van der Waals surface area contributed by atoms with Crippen molar-refractivity contribution in [1.29, 1.82) is 0 Å². The van der Waals surface area contributed by atoms with Crippen molar-refractivity contribution in [2.75, 3.05) is 0 Å². The maximum atomic E-state index is 9.63. The van der Waals surface area contributed by atoms with Crippen LogP contribution in [0.5, 0.6) is 11.5 Å². The summed E-state index contributed by atoms with van der Waals surface area (Å²) in [5.74, 6) is 0.370. The lowest BCUT2D eigenvalue weighted by atomic mass is 9.62. The highest BCUT2D eigenvalue weighted by Gasteiger charge is 2.38. The number of rotatable bonds is 6. The summed E-state index contributed by atoms with van der Waals surface area (Å²) in [5.41, 5.74) is 1.35. The van der Waals surface area contributed by atoms with Crippen molar-refractivity contribution in [1.82, 2.24) is 0 Å². The van der Waals surface area contributed by atoms with Crippen LogP contribution in [0, 0.1) is 0 Å². The van der Waals surface area contributed by atoms with E-state index in [4.69, 9.17) is 0 Å². The van der Waals surface area contributed by atoms with Crippen LogP contribution >= 0.6 is 0 Å². The Morgan fingerprint density at radius 1 is 1.00 bits per heavy atom. The average Bonchev–Trinajstić information content (AvgIpc) is 2.25. The van der Waals surface area contributed by atoms with E-state index in [-0.39, 0.29) is 16.9 Å². The third kappa shape index (κ3) is 2.80. The Hall–Kier alpha value is -1.18. The van der Waals surface area contributed by atoms with Gasteiger partial charge in [0.2, 0.25) is 0 Å². The number of aromatic hydroxyl groups is 2. The van der Waals surface area contributed by atoms with Crippen LogP contribution in [0.1, 0.15) is 63.9 Å². The van der Waals surface area contributed by atoms with Gasteiger partial charge < -0.3 is 10.2 Å². The van der Waals surface area contributed by atoms with Gasteiger partial charge in [-0.3, -0.25) is 0 Å². The maximum absolute atomic E-state index is 9.63. The van der Waals surface area contributed by atoms with Crippen molar-refractivity contribution in [3.8, 4) is 11.5 Å². The molecule has 2 heteroatoms. The van der Waals surface area contributed by atoms with Crippen LogP contribution in [-0.2, 0) is 5.41 Å².